The number of aliphatic hydroxyl groups is 3. The minimum absolute atomic E-state index is 0.191. The monoisotopic (exact) mass is 500 g/mol. The van der Waals surface area contributed by atoms with Gasteiger partial charge in [-0.1, -0.05) is 0 Å². The summed E-state index contributed by atoms with van der Waals surface area (Å²) in [5, 5.41) is 41.2. The van der Waals surface area contributed by atoms with Gasteiger partial charge in [-0.3, -0.25) is 14.8 Å². The van der Waals surface area contributed by atoms with Gasteiger partial charge in [0.2, 0.25) is 5.91 Å². The standard InChI is InChI=1S/C20H23F3N6O6/c21-10-6-12(23)11(22)4-8(10)3-9(26-19(24)25)5-15(31)27-14-1-2-29(20(34)28-14)18-17(33)16(32)13(7-30)35-18/h1-2,4,6,9,13,16-18,30,32-33H,3,5,7H2,(H4,24,25,26)(H,27,28,31,34)/t9-,13-,16-,17-,18-/m1/s1. The molecule has 1 aromatic heterocycles. The summed E-state index contributed by atoms with van der Waals surface area (Å²) in [6, 6.07) is 1.21. The van der Waals surface area contributed by atoms with Crippen LogP contribution >= 0.6 is 0 Å². The van der Waals surface area contributed by atoms with E-state index >= 15 is 0 Å². The molecule has 1 amide bonds. The molecule has 3 rings (SSSR count). The van der Waals surface area contributed by atoms with Gasteiger partial charge in [-0.25, -0.2) is 18.0 Å². The second-order valence-corrected chi connectivity index (χ2v) is 7.80. The van der Waals surface area contributed by atoms with Crippen LogP contribution in [0.5, 0.6) is 0 Å². The number of aromatic nitrogens is 2. The highest BCUT2D eigenvalue weighted by atomic mass is 19.2. The molecule has 1 aliphatic heterocycles. The Morgan fingerprint density at radius 2 is 1.91 bits per heavy atom. The SMILES string of the molecule is N=C(N)N[C@@H](CC(=O)Nc1ccn([C@@H]2O[C@H](CO)[C@@H](O)[C@H]2O)c(=O)n1)Cc1cc(F)c(F)cc1F. The molecule has 0 spiro atoms. The Labute approximate surface area is 195 Å². The summed E-state index contributed by atoms with van der Waals surface area (Å²) in [6.07, 6.45) is -4.96. The van der Waals surface area contributed by atoms with Crippen LogP contribution < -0.4 is 22.1 Å². The Hall–Kier alpha value is -3.53. The van der Waals surface area contributed by atoms with E-state index in [4.69, 9.17) is 21.0 Å². The maximum absolute atomic E-state index is 14.0. The fourth-order valence-corrected chi connectivity index (χ4v) is 3.58. The first kappa shape index (κ1) is 26.1. The van der Waals surface area contributed by atoms with E-state index in [1.807, 2.05) is 0 Å². The van der Waals surface area contributed by atoms with Crippen LogP contribution in [0.15, 0.2) is 29.2 Å². The van der Waals surface area contributed by atoms with Crippen LogP contribution in [0.3, 0.4) is 0 Å². The van der Waals surface area contributed by atoms with Crippen LogP contribution in [-0.2, 0) is 16.0 Å². The third kappa shape index (κ3) is 6.13. The minimum atomic E-state index is -1.51. The van der Waals surface area contributed by atoms with Crippen molar-refractivity contribution in [1.82, 2.24) is 14.9 Å². The summed E-state index contributed by atoms with van der Waals surface area (Å²) in [4.78, 5) is 28.5. The Kier molecular flexibility index (Phi) is 8.06. The lowest BCUT2D eigenvalue weighted by molar-refractivity contribution is -0.116. The lowest BCUT2D eigenvalue weighted by Crippen LogP contribution is -2.42. The number of nitrogens with one attached hydrogen (secondary N) is 3. The molecule has 1 aliphatic rings. The highest BCUT2D eigenvalue weighted by Crippen LogP contribution is 2.28. The van der Waals surface area contributed by atoms with Gasteiger partial charge in [-0.05, 0) is 24.1 Å². The molecule has 5 atom stereocenters. The molecule has 35 heavy (non-hydrogen) atoms. The molecule has 0 radical (unpaired) electrons. The van der Waals surface area contributed by atoms with E-state index in [1.54, 1.807) is 0 Å². The zero-order valence-corrected chi connectivity index (χ0v) is 18.0. The molecular weight excluding hydrogens is 477 g/mol. The number of rotatable bonds is 8. The first-order valence-electron chi connectivity index (χ1n) is 10.3. The number of halogens is 3. The third-order valence-corrected chi connectivity index (χ3v) is 5.24. The van der Waals surface area contributed by atoms with Crippen LogP contribution in [0.1, 0.15) is 18.2 Å². The van der Waals surface area contributed by atoms with Crippen LogP contribution in [0.2, 0.25) is 0 Å². The molecule has 8 N–H and O–H groups in total. The number of nitrogens with two attached hydrogens (primary N) is 1. The molecule has 1 fully saturated rings. The number of carbonyl (C=O) groups is 1. The van der Waals surface area contributed by atoms with E-state index in [-0.39, 0.29) is 17.8 Å². The van der Waals surface area contributed by atoms with E-state index in [0.717, 1.165) is 10.8 Å². The molecular formula is C20H23F3N6O6. The molecule has 1 saturated heterocycles. The first-order valence-corrected chi connectivity index (χ1v) is 10.3. The highest BCUT2D eigenvalue weighted by molar-refractivity contribution is 5.90. The number of hydrogen-bond acceptors (Lipinski definition) is 8. The van der Waals surface area contributed by atoms with Crippen molar-refractivity contribution in [3.05, 3.63) is 57.9 Å². The highest BCUT2D eigenvalue weighted by Gasteiger charge is 2.43. The summed E-state index contributed by atoms with van der Waals surface area (Å²) in [5.74, 6) is -5.18. The summed E-state index contributed by atoms with van der Waals surface area (Å²) >= 11 is 0. The lowest BCUT2D eigenvalue weighted by atomic mass is 10.0. The number of carbonyl (C=O) groups excluding carboxylic acids is 1. The van der Waals surface area contributed by atoms with Gasteiger partial charge in [0, 0.05) is 24.7 Å². The van der Waals surface area contributed by atoms with Crippen molar-refractivity contribution in [2.45, 2.75) is 43.4 Å². The van der Waals surface area contributed by atoms with Crippen molar-refractivity contribution in [1.29, 1.82) is 5.41 Å². The van der Waals surface area contributed by atoms with Gasteiger partial charge >= 0.3 is 5.69 Å². The van der Waals surface area contributed by atoms with Crippen molar-refractivity contribution in [3.63, 3.8) is 0 Å². The first-order chi connectivity index (χ1) is 16.5. The van der Waals surface area contributed by atoms with Gasteiger partial charge < -0.3 is 36.4 Å². The summed E-state index contributed by atoms with van der Waals surface area (Å²) in [6.45, 7) is -0.588. The molecule has 12 nitrogen and oxygen atoms in total. The van der Waals surface area contributed by atoms with Gasteiger partial charge in [0.1, 0.15) is 29.9 Å². The Morgan fingerprint density at radius 1 is 1.23 bits per heavy atom. The van der Waals surface area contributed by atoms with E-state index in [1.165, 1.54) is 6.07 Å². The second kappa shape index (κ2) is 10.8. The van der Waals surface area contributed by atoms with Gasteiger partial charge in [0.15, 0.2) is 23.8 Å². The van der Waals surface area contributed by atoms with Gasteiger partial charge in [0.05, 0.1) is 6.61 Å². The van der Waals surface area contributed by atoms with Crippen LogP contribution in [0.4, 0.5) is 19.0 Å². The number of anilines is 1. The number of benzene rings is 1. The van der Waals surface area contributed by atoms with Crippen molar-refractivity contribution in [3.8, 4) is 0 Å². The summed E-state index contributed by atoms with van der Waals surface area (Å²) in [7, 11) is 0. The quantitative estimate of drug-likeness (QED) is 0.131. The second-order valence-electron chi connectivity index (χ2n) is 7.80. The molecule has 2 heterocycles. The number of amides is 1. The van der Waals surface area contributed by atoms with Gasteiger partial charge in [0.25, 0.3) is 0 Å². The smallest absolute Gasteiger partial charge is 0.351 e. The fraction of sp³-hybridized carbons (Fsp3) is 0.400. The van der Waals surface area contributed by atoms with Crippen LogP contribution in [0.25, 0.3) is 0 Å². The molecule has 0 aliphatic carbocycles. The number of guanidine groups is 1. The normalized spacial score (nSPS) is 22.6. The maximum Gasteiger partial charge on any atom is 0.351 e. The molecule has 2 aromatic rings. The average molecular weight is 500 g/mol. The molecule has 15 heteroatoms. The molecule has 190 valence electrons. The molecule has 0 unspecified atom stereocenters. The van der Waals surface area contributed by atoms with Crippen molar-refractivity contribution in [2.24, 2.45) is 5.73 Å². The van der Waals surface area contributed by atoms with Crippen LogP contribution in [-0.4, -0.2) is 67.7 Å². The molecule has 1 aromatic carbocycles. The Bertz CT molecular complexity index is 1160. The van der Waals surface area contributed by atoms with Gasteiger partial charge in [-0.2, -0.15) is 4.98 Å². The average Bonchev–Trinajstić information content (AvgIpc) is 3.05. The Balaban J connectivity index is 1.70. The van der Waals surface area contributed by atoms with Crippen molar-refractivity contribution in [2.75, 3.05) is 11.9 Å². The maximum atomic E-state index is 14.0. The number of ether oxygens (including phenoxy) is 1. The molecule has 0 saturated carbocycles. The number of hydrogen-bond donors (Lipinski definition) is 7. The van der Waals surface area contributed by atoms with E-state index < -0.39 is 78.6 Å². The number of nitrogens with zero attached hydrogens (tertiary/aromatic N) is 2. The van der Waals surface area contributed by atoms with E-state index in [9.17, 15) is 33.0 Å². The van der Waals surface area contributed by atoms with Crippen molar-refractivity contribution >= 4 is 17.7 Å². The van der Waals surface area contributed by atoms with E-state index in [0.29, 0.717) is 12.1 Å². The topological polar surface area (TPSA) is 196 Å². The Morgan fingerprint density at radius 3 is 2.51 bits per heavy atom. The van der Waals surface area contributed by atoms with Gasteiger partial charge in [-0.15, -0.1) is 0 Å². The lowest BCUT2D eigenvalue weighted by Gasteiger charge is -2.19. The minimum Gasteiger partial charge on any atom is -0.394 e. The number of aliphatic hydroxyl groups excluding tert-OH is 3. The predicted molar refractivity (Wildman–Crippen MR) is 114 cm³/mol. The van der Waals surface area contributed by atoms with Crippen molar-refractivity contribution < 1.29 is 38.0 Å². The zero-order chi connectivity index (χ0) is 25.9. The fourth-order valence-electron chi connectivity index (χ4n) is 3.58. The summed E-state index contributed by atoms with van der Waals surface area (Å²) < 4.78 is 46.8. The predicted octanol–water partition coefficient (Wildman–Crippen LogP) is -1.30. The third-order valence-electron chi connectivity index (χ3n) is 5.24. The van der Waals surface area contributed by atoms with E-state index in [2.05, 4.69) is 15.6 Å². The zero-order valence-electron chi connectivity index (χ0n) is 18.0. The summed E-state index contributed by atoms with van der Waals surface area (Å²) in [5.41, 5.74) is 4.10. The van der Waals surface area contributed by atoms with Crippen LogP contribution in [0, 0.1) is 22.9 Å². The molecule has 0 bridgehead atoms. The largest absolute Gasteiger partial charge is 0.394 e.